The number of nitrogens with two attached hydrogens (primary N) is 1. The highest BCUT2D eigenvalue weighted by Crippen LogP contribution is 2.28. The van der Waals surface area contributed by atoms with E-state index in [0.717, 1.165) is 42.9 Å². The number of anilines is 1. The summed E-state index contributed by atoms with van der Waals surface area (Å²) in [7, 11) is 0. The van der Waals surface area contributed by atoms with Gasteiger partial charge in [0.2, 0.25) is 0 Å². The number of aromatic nitrogens is 1. The molecule has 0 amide bonds. The van der Waals surface area contributed by atoms with Crippen LogP contribution >= 0.6 is 0 Å². The Morgan fingerprint density at radius 2 is 2.21 bits per heavy atom. The van der Waals surface area contributed by atoms with Crippen molar-refractivity contribution in [1.29, 1.82) is 5.41 Å². The molecule has 5 nitrogen and oxygen atoms in total. The van der Waals surface area contributed by atoms with Crippen LogP contribution in [0.15, 0.2) is 6.07 Å². The summed E-state index contributed by atoms with van der Waals surface area (Å²) in [6, 6.07) is 2.03. The third kappa shape index (κ3) is 2.30. The molecule has 3 rings (SSSR count). The number of β-amino-alcohol motifs (C(OH)–C–C–N with tert-alkyl or cyclic N) is 1. The lowest BCUT2D eigenvalue weighted by molar-refractivity contribution is 0.198. The molecule has 1 aromatic heterocycles. The predicted octanol–water partition coefficient (Wildman–Crippen LogP) is 0.815. The van der Waals surface area contributed by atoms with Crippen molar-refractivity contribution in [3.05, 3.63) is 22.9 Å². The molecule has 102 valence electrons. The minimum Gasteiger partial charge on any atom is -0.391 e. The van der Waals surface area contributed by atoms with Gasteiger partial charge >= 0.3 is 0 Å². The van der Waals surface area contributed by atoms with Gasteiger partial charge in [-0.3, -0.25) is 5.41 Å². The Labute approximate surface area is 113 Å². The van der Waals surface area contributed by atoms with E-state index in [9.17, 15) is 5.11 Å². The Hall–Kier alpha value is -1.62. The van der Waals surface area contributed by atoms with E-state index in [0.29, 0.717) is 6.54 Å². The fourth-order valence-corrected chi connectivity index (χ4v) is 3.00. The zero-order chi connectivity index (χ0) is 13.4. The Kier molecular flexibility index (Phi) is 3.14. The zero-order valence-electron chi connectivity index (χ0n) is 11.0. The number of fused-ring (bicyclic) bond motifs is 1. The van der Waals surface area contributed by atoms with Crippen LogP contribution in [0.25, 0.3) is 0 Å². The topological polar surface area (TPSA) is 86.2 Å². The second-order valence-corrected chi connectivity index (χ2v) is 5.47. The average molecular weight is 260 g/mol. The Morgan fingerprint density at radius 1 is 1.42 bits per heavy atom. The third-order valence-corrected chi connectivity index (χ3v) is 4.03. The van der Waals surface area contributed by atoms with Gasteiger partial charge in [-0.15, -0.1) is 0 Å². The normalized spacial score (nSPS) is 22.4. The van der Waals surface area contributed by atoms with E-state index < -0.39 is 0 Å². The van der Waals surface area contributed by atoms with Crippen LogP contribution in [0.2, 0.25) is 0 Å². The van der Waals surface area contributed by atoms with Crippen LogP contribution in [-0.4, -0.2) is 35.1 Å². The number of hydrogen-bond donors (Lipinski definition) is 3. The van der Waals surface area contributed by atoms with Crippen LogP contribution in [0, 0.1) is 5.41 Å². The van der Waals surface area contributed by atoms with Gasteiger partial charge < -0.3 is 15.7 Å². The van der Waals surface area contributed by atoms with Crippen LogP contribution < -0.4 is 10.6 Å². The molecule has 1 unspecified atom stereocenters. The molecule has 4 N–H and O–H groups in total. The van der Waals surface area contributed by atoms with Gasteiger partial charge in [-0.2, -0.15) is 0 Å². The highest BCUT2D eigenvalue weighted by atomic mass is 16.3. The van der Waals surface area contributed by atoms with Crippen LogP contribution in [0.3, 0.4) is 0 Å². The number of nitrogens with one attached hydrogen (secondary N) is 1. The summed E-state index contributed by atoms with van der Waals surface area (Å²) >= 11 is 0. The molecule has 1 fully saturated rings. The van der Waals surface area contributed by atoms with Crippen LogP contribution in [0.4, 0.5) is 5.82 Å². The van der Waals surface area contributed by atoms with Crippen molar-refractivity contribution in [2.24, 2.45) is 5.73 Å². The molecule has 1 aliphatic carbocycles. The fraction of sp³-hybridized carbons (Fsp3) is 0.571. The van der Waals surface area contributed by atoms with E-state index in [1.807, 2.05) is 6.07 Å². The van der Waals surface area contributed by atoms with E-state index in [1.165, 1.54) is 18.4 Å². The van der Waals surface area contributed by atoms with Crippen molar-refractivity contribution < 1.29 is 5.11 Å². The molecule has 0 aromatic carbocycles. The molecule has 5 heteroatoms. The summed E-state index contributed by atoms with van der Waals surface area (Å²) in [6.45, 7) is 1.37. The first-order valence-electron chi connectivity index (χ1n) is 6.95. The highest BCUT2D eigenvalue weighted by molar-refractivity contribution is 6.00. The molecule has 0 spiro atoms. The second kappa shape index (κ2) is 4.81. The Bertz CT molecular complexity index is 514. The molecule has 2 heterocycles. The van der Waals surface area contributed by atoms with Crippen molar-refractivity contribution >= 4 is 11.7 Å². The Morgan fingerprint density at radius 3 is 2.89 bits per heavy atom. The lowest BCUT2D eigenvalue weighted by atomic mass is 9.94. The number of nitrogen functional groups attached to an aromatic ring is 1. The van der Waals surface area contributed by atoms with Gasteiger partial charge in [-0.25, -0.2) is 4.98 Å². The largest absolute Gasteiger partial charge is 0.391 e. The number of rotatable bonds is 2. The molecular weight excluding hydrogens is 240 g/mol. The summed E-state index contributed by atoms with van der Waals surface area (Å²) in [6.07, 6.45) is 4.88. The molecule has 19 heavy (non-hydrogen) atoms. The summed E-state index contributed by atoms with van der Waals surface area (Å²) in [4.78, 5) is 6.80. The molecule has 1 atom stereocenters. The smallest absolute Gasteiger partial charge is 0.139 e. The maximum atomic E-state index is 9.67. The number of aryl methyl sites for hydroxylation is 2. The van der Waals surface area contributed by atoms with Crippen molar-refractivity contribution in [2.45, 2.75) is 38.2 Å². The lowest BCUT2D eigenvalue weighted by Gasteiger charge is -2.24. The molecular formula is C14H20N4O. The number of pyridine rings is 1. The van der Waals surface area contributed by atoms with Crippen molar-refractivity contribution in [3.8, 4) is 0 Å². The molecule has 1 aliphatic heterocycles. The number of hydrogen-bond acceptors (Lipinski definition) is 4. The first-order valence-corrected chi connectivity index (χ1v) is 6.95. The molecule has 2 aliphatic rings. The lowest BCUT2D eigenvalue weighted by Crippen LogP contribution is -2.27. The van der Waals surface area contributed by atoms with Gasteiger partial charge in [-0.05, 0) is 43.7 Å². The van der Waals surface area contributed by atoms with Crippen molar-refractivity contribution in [2.75, 3.05) is 18.0 Å². The van der Waals surface area contributed by atoms with Crippen LogP contribution in [-0.2, 0) is 12.8 Å². The van der Waals surface area contributed by atoms with E-state index in [1.54, 1.807) is 0 Å². The maximum absolute atomic E-state index is 9.67. The molecule has 1 saturated heterocycles. The van der Waals surface area contributed by atoms with Gasteiger partial charge in [0.1, 0.15) is 11.7 Å². The first-order chi connectivity index (χ1) is 9.15. The molecule has 0 saturated carbocycles. The SMILES string of the molecule is N=C(N)c1cc2c(nc1N1CCC(O)C1)CCCC2. The number of amidine groups is 1. The summed E-state index contributed by atoms with van der Waals surface area (Å²) in [5.41, 5.74) is 8.80. The fourth-order valence-electron chi connectivity index (χ4n) is 3.00. The summed E-state index contributed by atoms with van der Waals surface area (Å²) in [5.74, 6) is 0.849. The van der Waals surface area contributed by atoms with E-state index in [-0.39, 0.29) is 11.9 Å². The quantitative estimate of drug-likeness (QED) is 0.542. The van der Waals surface area contributed by atoms with Crippen LogP contribution in [0.1, 0.15) is 36.1 Å². The Balaban J connectivity index is 2.03. The minimum atomic E-state index is -0.294. The number of aliphatic hydroxyl groups is 1. The maximum Gasteiger partial charge on any atom is 0.139 e. The van der Waals surface area contributed by atoms with Gasteiger partial charge in [0.15, 0.2) is 0 Å². The van der Waals surface area contributed by atoms with E-state index in [2.05, 4.69) is 4.90 Å². The molecule has 0 radical (unpaired) electrons. The van der Waals surface area contributed by atoms with Gasteiger partial charge in [0, 0.05) is 18.8 Å². The molecule has 1 aromatic rings. The van der Waals surface area contributed by atoms with Crippen molar-refractivity contribution in [1.82, 2.24) is 4.98 Å². The van der Waals surface area contributed by atoms with E-state index >= 15 is 0 Å². The highest BCUT2D eigenvalue weighted by Gasteiger charge is 2.26. The van der Waals surface area contributed by atoms with E-state index in [4.69, 9.17) is 16.1 Å². The zero-order valence-corrected chi connectivity index (χ0v) is 11.0. The minimum absolute atomic E-state index is 0.0669. The second-order valence-electron chi connectivity index (χ2n) is 5.47. The predicted molar refractivity (Wildman–Crippen MR) is 74.7 cm³/mol. The van der Waals surface area contributed by atoms with Gasteiger partial charge in [-0.1, -0.05) is 0 Å². The summed E-state index contributed by atoms with van der Waals surface area (Å²) < 4.78 is 0. The summed E-state index contributed by atoms with van der Waals surface area (Å²) in [5, 5.41) is 17.4. The van der Waals surface area contributed by atoms with Gasteiger partial charge in [0.05, 0.1) is 11.7 Å². The first kappa shape index (κ1) is 12.4. The monoisotopic (exact) mass is 260 g/mol. The number of aliphatic hydroxyl groups excluding tert-OH is 1. The average Bonchev–Trinajstić information content (AvgIpc) is 2.83. The van der Waals surface area contributed by atoms with Crippen LogP contribution in [0.5, 0.6) is 0 Å². The standard InChI is InChI=1S/C14H20N4O/c15-13(16)11-7-9-3-1-2-4-12(9)17-14(11)18-6-5-10(19)8-18/h7,10,19H,1-6,8H2,(H3,15,16). The van der Waals surface area contributed by atoms with Gasteiger partial charge in [0.25, 0.3) is 0 Å². The molecule has 0 bridgehead atoms. The van der Waals surface area contributed by atoms with Crippen molar-refractivity contribution in [3.63, 3.8) is 0 Å². The number of nitrogens with zero attached hydrogens (tertiary/aromatic N) is 2. The third-order valence-electron chi connectivity index (χ3n) is 4.03.